The third kappa shape index (κ3) is 3.67. The van der Waals surface area contributed by atoms with Crippen LogP contribution in [0.15, 0.2) is 47.4 Å². The second-order valence-electron chi connectivity index (χ2n) is 7.71. The third-order valence-corrected chi connectivity index (χ3v) is 7.48. The molecule has 0 aromatic heterocycles. The molecular weight excluding hydrogens is 392 g/mol. The van der Waals surface area contributed by atoms with E-state index in [1.54, 1.807) is 12.1 Å². The van der Waals surface area contributed by atoms with Crippen LogP contribution in [0.1, 0.15) is 41.2 Å². The van der Waals surface area contributed by atoms with Crippen LogP contribution in [-0.2, 0) is 22.0 Å². The molecule has 1 fully saturated rings. The van der Waals surface area contributed by atoms with Gasteiger partial charge in [0.25, 0.3) is 0 Å². The minimum atomic E-state index is -1.43. The molecule has 0 radical (unpaired) electrons. The van der Waals surface area contributed by atoms with Crippen molar-refractivity contribution in [2.24, 2.45) is 0 Å². The summed E-state index contributed by atoms with van der Waals surface area (Å²) in [5, 5.41) is 40.0. The number of fused-ring (bicyclic) bond motifs is 1. The average Bonchev–Trinajstić information content (AvgIpc) is 3.08. The van der Waals surface area contributed by atoms with Crippen LogP contribution in [0.4, 0.5) is 0 Å². The Hall–Kier alpha value is -1.61. The van der Waals surface area contributed by atoms with Crippen LogP contribution >= 0.6 is 0 Å². The Kier molecular flexibility index (Phi) is 5.88. The molecule has 2 aromatic carbocycles. The lowest BCUT2D eigenvalue weighted by atomic mass is 9.87. The minimum absolute atomic E-state index is 0.0263. The predicted molar refractivity (Wildman–Crippen MR) is 108 cm³/mol. The standard InChI is InChI=1S/C22H26O6S/c1-2-12-3-5-13(6-4-12)16-11-29(27)18-8-7-14(9-15(16)18)22-21(26)20(25)19(24)17(10-23)28-22/h3-9,16-17,19-26H,2,10-11H2,1H3/t16-,17?,19?,20?,21?,22?,29?/m0/s1. The van der Waals surface area contributed by atoms with Gasteiger partial charge >= 0.3 is 0 Å². The van der Waals surface area contributed by atoms with Crippen LogP contribution in [0.5, 0.6) is 0 Å². The molecule has 0 bridgehead atoms. The van der Waals surface area contributed by atoms with Gasteiger partial charge in [-0.2, -0.15) is 0 Å². The molecule has 156 valence electrons. The van der Waals surface area contributed by atoms with Crippen LogP contribution in [0.2, 0.25) is 0 Å². The van der Waals surface area contributed by atoms with Gasteiger partial charge in [-0.25, -0.2) is 0 Å². The van der Waals surface area contributed by atoms with E-state index < -0.39 is 47.9 Å². The monoisotopic (exact) mass is 418 g/mol. The Morgan fingerprint density at radius 2 is 1.69 bits per heavy atom. The van der Waals surface area contributed by atoms with E-state index in [1.165, 1.54) is 5.56 Å². The lowest BCUT2D eigenvalue weighted by Crippen LogP contribution is -2.55. The Morgan fingerprint density at radius 3 is 2.34 bits per heavy atom. The quantitative estimate of drug-likeness (QED) is 0.591. The number of aliphatic hydroxyl groups excluding tert-OH is 4. The van der Waals surface area contributed by atoms with E-state index in [1.807, 2.05) is 6.07 Å². The van der Waals surface area contributed by atoms with Gasteiger partial charge in [0, 0.05) is 16.6 Å². The van der Waals surface area contributed by atoms with E-state index in [-0.39, 0.29) is 5.92 Å². The molecule has 0 saturated carbocycles. The fraction of sp³-hybridized carbons (Fsp3) is 0.455. The van der Waals surface area contributed by atoms with Gasteiger partial charge in [0.2, 0.25) is 0 Å². The van der Waals surface area contributed by atoms with Crippen molar-refractivity contribution in [3.8, 4) is 0 Å². The van der Waals surface area contributed by atoms with Crippen LogP contribution in [0.3, 0.4) is 0 Å². The maximum absolute atomic E-state index is 12.6. The van der Waals surface area contributed by atoms with E-state index in [0.717, 1.165) is 22.4 Å². The summed E-state index contributed by atoms with van der Waals surface area (Å²) >= 11 is 0. The van der Waals surface area contributed by atoms with E-state index >= 15 is 0 Å². The summed E-state index contributed by atoms with van der Waals surface area (Å²) in [7, 11) is -1.11. The van der Waals surface area contributed by atoms with Crippen molar-refractivity contribution in [1.82, 2.24) is 0 Å². The van der Waals surface area contributed by atoms with Crippen molar-refractivity contribution < 1.29 is 29.4 Å². The Balaban J connectivity index is 1.69. The second-order valence-corrected chi connectivity index (χ2v) is 9.17. The van der Waals surface area contributed by atoms with Crippen molar-refractivity contribution in [2.45, 2.75) is 54.7 Å². The van der Waals surface area contributed by atoms with Crippen LogP contribution in [0.25, 0.3) is 0 Å². The number of aryl methyl sites for hydroxylation is 1. The molecule has 1 saturated heterocycles. The number of rotatable bonds is 4. The molecular formula is C22H26O6S. The average molecular weight is 419 g/mol. The Bertz CT molecular complexity index is 897. The summed E-state index contributed by atoms with van der Waals surface area (Å²) in [6.07, 6.45) is -5.05. The second kappa shape index (κ2) is 8.26. The fourth-order valence-corrected chi connectivity index (χ4v) is 5.73. The number of ether oxygens (including phenoxy) is 1. The minimum Gasteiger partial charge on any atom is -0.394 e. The summed E-state index contributed by atoms with van der Waals surface area (Å²) in [5.74, 6) is 0.473. The lowest BCUT2D eigenvalue weighted by Gasteiger charge is -2.40. The largest absolute Gasteiger partial charge is 0.394 e. The van der Waals surface area contributed by atoms with E-state index in [0.29, 0.717) is 11.3 Å². The molecule has 2 aliphatic heterocycles. The smallest absolute Gasteiger partial charge is 0.113 e. The predicted octanol–water partition coefficient (Wildman–Crippen LogP) is 1.02. The zero-order valence-corrected chi connectivity index (χ0v) is 17.0. The van der Waals surface area contributed by atoms with Crippen molar-refractivity contribution in [3.63, 3.8) is 0 Å². The van der Waals surface area contributed by atoms with E-state index in [2.05, 4.69) is 31.2 Å². The Morgan fingerprint density at radius 1 is 1.00 bits per heavy atom. The molecule has 7 heteroatoms. The molecule has 4 rings (SSSR count). The van der Waals surface area contributed by atoms with E-state index in [4.69, 9.17) is 4.74 Å². The first-order chi connectivity index (χ1) is 13.9. The maximum Gasteiger partial charge on any atom is 0.113 e. The molecule has 2 aliphatic rings. The van der Waals surface area contributed by atoms with Gasteiger partial charge in [0.1, 0.15) is 30.5 Å². The molecule has 2 aromatic rings. The van der Waals surface area contributed by atoms with Gasteiger partial charge in [-0.1, -0.05) is 43.3 Å². The Labute approximate surface area is 172 Å². The summed E-state index contributed by atoms with van der Waals surface area (Å²) in [5.41, 5.74) is 3.86. The highest BCUT2D eigenvalue weighted by molar-refractivity contribution is 7.85. The molecule has 0 aliphatic carbocycles. The van der Waals surface area contributed by atoms with Crippen LogP contribution in [-0.4, -0.2) is 61.4 Å². The molecule has 6 unspecified atom stereocenters. The number of aliphatic hydroxyl groups is 4. The molecule has 4 N–H and O–H groups in total. The van der Waals surface area contributed by atoms with Crippen molar-refractivity contribution in [3.05, 3.63) is 64.7 Å². The van der Waals surface area contributed by atoms with Gasteiger partial charge in [-0.15, -0.1) is 0 Å². The van der Waals surface area contributed by atoms with Gasteiger partial charge < -0.3 is 25.2 Å². The zero-order valence-electron chi connectivity index (χ0n) is 16.1. The topological polar surface area (TPSA) is 107 Å². The van der Waals surface area contributed by atoms with Gasteiger partial charge in [0.05, 0.1) is 17.4 Å². The van der Waals surface area contributed by atoms with Gasteiger partial charge in [-0.05, 0) is 34.7 Å². The third-order valence-electron chi connectivity index (χ3n) is 5.98. The van der Waals surface area contributed by atoms with Crippen molar-refractivity contribution >= 4 is 10.8 Å². The van der Waals surface area contributed by atoms with Crippen LogP contribution < -0.4 is 0 Å². The van der Waals surface area contributed by atoms with Crippen molar-refractivity contribution in [1.29, 1.82) is 0 Å². The van der Waals surface area contributed by atoms with Crippen LogP contribution in [0, 0.1) is 0 Å². The first-order valence-electron chi connectivity index (χ1n) is 9.86. The SMILES string of the molecule is CCc1ccc([C@@H]2CS(=O)c3ccc(C4OC(CO)C(O)C(O)C4O)cc32)cc1. The number of hydrogen-bond acceptors (Lipinski definition) is 6. The fourth-order valence-electron chi connectivity index (χ4n) is 4.19. The molecule has 6 nitrogen and oxygen atoms in total. The first kappa shape index (κ1) is 20.7. The molecule has 7 atom stereocenters. The maximum atomic E-state index is 12.6. The molecule has 0 amide bonds. The molecule has 2 heterocycles. The normalized spacial score (nSPS) is 34.2. The number of hydrogen-bond donors (Lipinski definition) is 4. The summed E-state index contributed by atoms with van der Waals surface area (Å²) in [6, 6.07) is 13.7. The zero-order chi connectivity index (χ0) is 20.7. The highest BCUT2D eigenvalue weighted by Crippen LogP contribution is 2.40. The van der Waals surface area contributed by atoms with Gasteiger partial charge in [-0.3, -0.25) is 4.21 Å². The summed E-state index contributed by atoms with van der Waals surface area (Å²) in [4.78, 5) is 0.767. The highest BCUT2D eigenvalue weighted by atomic mass is 32.2. The highest BCUT2D eigenvalue weighted by Gasteiger charge is 2.44. The summed E-state index contributed by atoms with van der Waals surface area (Å²) < 4.78 is 18.3. The lowest BCUT2D eigenvalue weighted by molar-refractivity contribution is -0.231. The number of benzene rings is 2. The van der Waals surface area contributed by atoms with E-state index in [9.17, 15) is 24.6 Å². The summed E-state index contributed by atoms with van der Waals surface area (Å²) in [6.45, 7) is 1.63. The first-order valence-corrected chi connectivity index (χ1v) is 11.2. The van der Waals surface area contributed by atoms with Crippen molar-refractivity contribution in [2.75, 3.05) is 12.4 Å². The van der Waals surface area contributed by atoms with Gasteiger partial charge in [0.15, 0.2) is 0 Å². The molecule has 29 heavy (non-hydrogen) atoms. The molecule has 0 spiro atoms.